The van der Waals surface area contributed by atoms with Crippen molar-refractivity contribution in [3.8, 4) is 0 Å². The molecule has 3 N–H and O–H groups in total. The molecule has 0 aromatic carbocycles. The van der Waals surface area contributed by atoms with E-state index in [9.17, 15) is 9.00 Å². The molecule has 1 aliphatic heterocycles. The summed E-state index contributed by atoms with van der Waals surface area (Å²) in [7, 11) is 3.33. The molecule has 8 heteroatoms. The van der Waals surface area contributed by atoms with Crippen LogP contribution < -0.4 is 11.1 Å². The maximum atomic E-state index is 10.5. The summed E-state index contributed by atoms with van der Waals surface area (Å²) in [6, 6.07) is -0.813. The van der Waals surface area contributed by atoms with Crippen LogP contribution >= 0.6 is 22.4 Å². The van der Waals surface area contributed by atoms with E-state index in [2.05, 4.69) is 5.32 Å². The standard InChI is InChI=1S/C5H9ClN2O3S2/c6-13(10)11-4-2-12-1-3(4)8-5(7)9/h3-4H,1-2H2,(H3,7,8,9)/t3-,4-,13?/m1/s1. The number of carbonyl (C=O) groups is 1. The van der Waals surface area contributed by atoms with Crippen LogP contribution in [0.15, 0.2) is 0 Å². The molecule has 0 aromatic heterocycles. The monoisotopic (exact) mass is 244 g/mol. The summed E-state index contributed by atoms with van der Waals surface area (Å²) in [5.41, 5.74) is 4.94. The Labute approximate surface area is 86.9 Å². The minimum atomic E-state index is -1.82. The third-order valence-electron chi connectivity index (χ3n) is 1.56. The Morgan fingerprint density at radius 3 is 2.92 bits per heavy atom. The lowest BCUT2D eigenvalue weighted by molar-refractivity contribution is 0.208. The van der Waals surface area contributed by atoms with E-state index < -0.39 is 16.3 Å². The highest BCUT2D eigenvalue weighted by Gasteiger charge is 2.31. The van der Waals surface area contributed by atoms with Gasteiger partial charge in [-0.2, -0.15) is 11.8 Å². The smallest absolute Gasteiger partial charge is 0.312 e. The Balaban J connectivity index is 2.43. The molecule has 0 aromatic rings. The molecule has 1 rings (SSSR count). The van der Waals surface area contributed by atoms with E-state index in [4.69, 9.17) is 20.6 Å². The van der Waals surface area contributed by atoms with Crippen LogP contribution in [0.3, 0.4) is 0 Å². The van der Waals surface area contributed by atoms with E-state index in [-0.39, 0.29) is 12.1 Å². The highest BCUT2D eigenvalue weighted by atomic mass is 35.7. The molecule has 0 saturated carbocycles. The van der Waals surface area contributed by atoms with Gasteiger partial charge in [0.2, 0.25) is 0 Å². The SMILES string of the molecule is NC(=O)N[C@@H]1CSC[C@H]1OS(=O)Cl. The summed E-state index contributed by atoms with van der Waals surface area (Å²) in [6.45, 7) is 0. The first-order valence-electron chi connectivity index (χ1n) is 3.48. The molecule has 3 atom stereocenters. The van der Waals surface area contributed by atoms with Crippen molar-refractivity contribution < 1.29 is 13.2 Å². The maximum Gasteiger partial charge on any atom is 0.312 e. The summed E-state index contributed by atoms with van der Waals surface area (Å²) in [5.74, 6) is 1.35. The van der Waals surface area contributed by atoms with E-state index in [1.807, 2.05) is 0 Å². The molecule has 1 unspecified atom stereocenters. The number of nitrogens with one attached hydrogen (secondary N) is 1. The normalized spacial score (nSPS) is 29.9. The lowest BCUT2D eigenvalue weighted by Gasteiger charge is -2.16. The van der Waals surface area contributed by atoms with E-state index in [1.54, 1.807) is 11.8 Å². The molecule has 1 aliphatic rings. The van der Waals surface area contributed by atoms with Crippen molar-refractivity contribution in [2.75, 3.05) is 11.5 Å². The maximum absolute atomic E-state index is 10.5. The number of primary amides is 1. The van der Waals surface area contributed by atoms with Gasteiger partial charge >= 0.3 is 6.03 Å². The highest BCUT2D eigenvalue weighted by Crippen LogP contribution is 2.22. The van der Waals surface area contributed by atoms with Crippen molar-refractivity contribution in [1.29, 1.82) is 0 Å². The first-order chi connectivity index (χ1) is 6.09. The number of hydrogen-bond acceptors (Lipinski definition) is 4. The number of amides is 2. The van der Waals surface area contributed by atoms with E-state index in [0.717, 1.165) is 0 Å². The molecule has 2 amide bonds. The minimum absolute atomic E-state index is 0.204. The molecule has 0 spiro atoms. The van der Waals surface area contributed by atoms with Crippen LogP contribution in [-0.2, 0) is 14.5 Å². The second-order valence-electron chi connectivity index (χ2n) is 2.48. The number of nitrogens with two attached hydrogens (primary N) is 1. The molecule has 0 radical (unpaired) electrons. The Morgan fingerprint density at radius 1 is 1.69 bits per heavy atom. The van der Waals surface area contributed by atoms with Gasteiger partial charge in [0.05, 0.1) is 6.04 Å². The van der Waals surface area contributed by atoms with Crippen molar-refractivity contribution in [2.45, 2.75) is 12.1 Å². The molecule has 1 fully saturated rings. The summed E-state index contributed by atoms with van der Waals surface area (Å²) in [5, 5.41) is 2.50. The fourth-order valence-corrected chi connectivity index (χ4v) is 3.03. The second-order valence-corrected chi connectivity index (χ2v) is 4.89. The molecule has 13 heavy (non-hydrogen) atoms. The zero-order valence-electron chi connectivity index (χ0n) is 6.57. The van der Waals surface area contributed by atoms with Crippen molar-refractivity contribution in [3.63, 3.8) is 0 Å². The summed E-state index contributed by atoms with van der Waals surface area (Å²) < 4.78 is 15.4. The van der Waals surface area contributed by atoms with Crippen LogP contribution in [-0.4, -0.2) is 33.9 Å². The summed E-state index contributed by atoms with van der Waals surface area (Å²) in [4.78, 5) is 10.5. The van der Waals surface area contributed by atoms with Crippen LogP contribution in [0, 0.1) is 0 Å². The average molecular weight is 245 g/mol. The zero-order valence-corrected chi connectivity index (χ0v) is 8.95. The Kier molecular flexibility index (Phi) is 4.30. The molecule has 1 heterocycles. The van der Waals surface area contributed by atoms with Gasteiger partial charge < -0.3 is 11.1 Å². The van der Waals surface area contributed by atoms with Crippen molar-refractivity contribution in [2.24, 2.45) is 5.73 Å². The van der Waals surface area contributed by atoms with Gasteiger partial charge in [0, 0.05) is 22.2 Å². The third kappa shape index (κ3) is 3.72. The molecule has 5 nitrogen and oxygen atoms in total. The van der Waals surface area contributed by atoms with Crippen LogP contribution in [0.4, 0.5) is 4.79 Å². The third-order valence-corrected chi connectivity index (χ3v) is 3.33. The highest BCUT2D eigenvalue weighted by molar-refractivity contribution is 8.04. The fraction of sp³-hybridized carbons (Fsp3) is 0.800. The summed E-state index contributed by atoms with van der Waals surface area (Å²) >= 11 is 1.59. The Bertz CT molecular complexity index is 206. The molecule has 0 bridgehead atoms. The largest absolute Gasteiger partial charge is 0.352 e. The van der Waals surface area contributed by atoms with Crippen LogP contribution in [0.2, 0.25) is 0 Å². The number of hydrogen-bond donors (Lipinski definition) is 2. The lowest BCUT2D eigenvalue weighted by atomic mass is 10.2. The van der Waals surface area contributed by atoms with Gasteiger partial charge in [-0.15, -0.1) is 0 Å². The van der Waals surface area contributed by atoms with E-state index in [1.165, 1.54) is 0 Å². The van der Waals surface area contributed by atoms with Gasteiger partial charge in [0.25, 0.3) is 10.3 Å². The quantitative estimate of drug-likeness (QED) is 0.684. The van der Waals surface area contributed by atoms with Crippen molar-refractivity contribution in [1.82, 2.24) is 5.32 Å². The number of halogens is 1. The first-order valence-corrected chi connectivity index (χ1v) is 6.54. The molecule has 76 valence electrons. The second kappa shape index (κ2) is 5.04. The van der Waals surface area contributed by atoms with Gasteiger partial charge in [0.15, 0.2) is 0 Å². The number of thioether (sulfide) groups is 1. The van der Waals surface area contributed by atoms with Gasteiger partial charge in [-0.1, -0.05) is 0 Å². The Hall–Kier alpha value is 0.0200. The zero-order chi connectivity index (χ0) is 9.84. The van der Waals surface area contributed by atoms with E-state index >= 15 is 0 Å². The lowest BCUT2D eigenvalue weighted by Crippen LogP contribution is -2.46. The van der Waals surface area contributed by atoms with Crippen LogP contribution in [0.1, 0.15) is 0 Å². The summed E-state index contributed by atoms with van der Waals surface area (Å²) in [6.07, 6.45) is -0.323. The fourth-order valence-electron chi connectivity index (χ4n) is 1.04. The Morgan fingerprint density at radius 2 is 2.38 bits per heavy atom. The van der Waals surface area contributed by atoms with Gasteiger partial charge in [-0.25, -0.2) is 9.00 Å². The van der Waals surface area contributed by atoms with Gasteiger partial charge in [-0.05, 0) is 0 Å². The first kappa shape index (κ1) is 11.1. The van der Waals surface area contributed by atoms with Gasteiger partial charge in [0.1, 0.15) is 6.10 Å². The van der Waals surface area contributed by atoms with Crippen LogP contribution in [0.5, 0.6) is 0 Å². The molecular weight excluding hydrogens is 236 g/mol. The van der Waals surface area contributed by atoms with Crippen LogP contribution in [0.25, 0.3) is 0 Å². The number of urea groups is 1. The average Bonchev–Trinajstić information content (AvgIpc) is 2.34. The predicted molar refractivity (Wildman–Crippen MR) is 52.7 cm³/mol. The number of rotatable bonds is 3. The number of carbonyl (C=O) groups excluding carboxylic acids is 1. The van der Waals surface area contributed by atoms with Crippen molar-refractivity contribution in [3.05, 3.63) is 0 Å². The topological polar surface area (TPSA) is 81.4 Å². The molecular formula is C5H9ClN2O3S2. The minimum Gasteiger partial charge on any atom is -0.352 e. The molecule has 1 saturated heterocycles. The van der Waals surface area contributed by atoms with E-state index in [0.29, 0.717) is 11.5 Å². The van der Waals surface area contributed by atoms with Gasteiger partial charge in [-0.3, -0.25) is 4.18 Å². The van der Waals surface area contributed by atoms with Crippen molar-refractivity contribution >= 4 is 38.8 Å². The molecule has 0 aliphatic carbocycles. The predicted octanol–water partition coefficient (Wildman–Crippen LogP) is -0.0272.